The number of halogens is 2. The first-order chi connectivity index (χ1) is 9.74. The Labute approximate surface area is 139 Å². The molecule has 4 nitrogen and oxygen atoms in total. The zero-order chi connectivity index (χ0) is 14.4. The van der Waals surface area contributed by atoms with Crippen LogP contribution in [0, 0.1) is 0 Å². The van der Waals surface area contributed by atoms with E-state index in [1.54, 1.807) is 13.4 Å². The molecule has 2 rings (SSSR count). The Morgan fingerprint density at radius 3 is 2.71 bits per heavy atom. The van der Waals surface area contributed by atoms with Gasteiger partial charge in [-0.2, -0.15) is 0 Å². The van der Waals surface area contributed by atoms with E-state index in [1.807, 2.05) is 31.2 Å². The van der Waals surface area contributed by atoms with Crippen LogP contribution in [0.5, 0.6) is 11.5 Å². The summed E-state index contributed by atoms with van der Waals surface area (Å²) in [5.41, 5.74) is 1.11. The number of hydrogen-bond donors (Lipinski definition) is 1. The van der Waals surface area contributed by atoms with E-state index in [1.165, 1.54) is 0 Å². The highest BCUT2D eigenvalue weighted by atomic mass is 79.9. The fourth-order valence-corrected chi connectivity index (χ4v) is 2.51. The summed E-state index contributed by atoms with van der Waals surface area (Å²) in [5, 5.41) is 3.32. The van der Waals surface area contributed by atoms with Gasteiger partial charge in [-0.3, -0.25) is 0 Å². The first kappa shape index (κ1) is 17.9. The van der Waals surface area contributed by atoms with Crippen LogP contribution in [0.15, 0.2) is 39.4 Å². The summed E-state index contributed by atoms with van der Waals surface area (Å²) >= 11 is 3.52. The van der Waals surface area contributed by atoms with Gasteiger partial charge in [-0.15, -0.1) is 12.4 Å². The Morgan fingerprint density at radius 2 is 2.10 bits per heavy atom. The van der Waals surface area contributed by atoms with Crippen LogP contribution < -0.4 is 14.8 Å². The lowest BCUT2D eigenvalue weighted by atomic mass is 10.2. The third-order valence-corrected chi connectivity index (χ3v) is 3.38. The number of furan rings is 1. The van der Waals surface area contributed by atoms with Crippen LogP contribution in [0.2, 0.25) is 0 Å². The molecule has 1 N–H and O–H groups in total. The zero-order valence-electron chi connectivity index (χ0n) is 12.0. The van der Waals surface area contributed by atoms with E-state index in [9.17, 15) is 0 Å². The molecule has 1 aromatic heterocycles. The molecule has 0 radical (unpaired) electrons. The molecule has 0 fully saturated rings. The van der Waals surface area contributed by atoms with E-state index in [4.69, 9.17) is 13.9 Å². The minimum absolute atomic E-state index is 0. The van der Waals surface area contributed by atoms with E-state index in [-0.39, 0.29) is 12.4 Å². The van der Waals surface area contributed by atoms with Crippen molar-refractivity contribution in [3.63, 3.8) is 0 Å². The van der Waals surface area contributed by atoms with Crippen molar-refractivity contribution in [1.29, 1.82) is 0 Å². The molecule has 0 bridgehead atoms. The van der Waals surface area contributed by atoms with E-state index in [2.05, 4.69) is 21.2 Å². The minimum Gasteiger partial charge on any atom is -0.493 e. The number of rotatable bonds is 7. The molecule has 0 aliphatic carbocycles. The van der Waals surface area contributed by atoms with Gasteiger partial charge in [0.05, 0.1) is 31.0 Å². The van der Waals surface area contributed by atoms with Gasteiger partial charge in [0.2, 0.25) is 0 Å². The third kappa shape index (κ3) is 4.95. The number of methoxy groups -OCH3 is 1. The maximum absolute atomic E-state index is 5.57. The Bertz CT molecular complexity index is 546. The number of ether oxygens (including phenoxy) is 2. The quantitative estimate of drug-likeness (QED) is 0.788. The molecule has 0 aliphatic heterocycles. The molecule has 0 atom stereocenters. The maximum atomic E-state index is 5.57. The van der Waals surface area contributed by atoms with Crippen molar-refractivity contribution < 1.29 is 13.9 Å². The highest BCUT2D eigenvalue weighted by Crippen LogP contribution is 2.36. The van der Waals surface area contributed by atoms with Gasteiger partial charge >= 0.3 is 0 Å². The van der Waals surface area contributed by atoms with E-state index in [0.29, 0.717) is 13.2 Å². The number of nitrogens with one attached hydrogen (secondary N) is 1. The fourth-order valence-electron chi connectivity index (χ4n) is 1.90. The Balaban J connectivity index is 0.00000220. The topological polar surface area (TPSA) is 43.6 Å². The van der Waals surface area contributed by atoms with Crippen molar-refractivity contribution in [2.45, 2.75) is 20.0 Å². The smallest absolute Gasteiger partial charge is 0.175 e. The van der Waals surface area contributed by atoms with Gasteiger partial charge in [0.25, 0.3) is 0 Å². The van der Waals surface area contributed by atoms with Crippen LogP contribution in [0.1, 0.15) is 18.2 Å². The molecule has 2 aromatic rings. The van der Waals surface area contributed by atoms with Gasteiger partial charge in [0.15, 0.2) is 11.5 Å². The molecule has 116 valence electrons. The average molecular weight is 377 g/mol. The predicted octanol–water partition coefficient (Wildman–Crippen LogP) is 4.16. The van der Waals surface area contributed by atoms with Gasteiger partial charge < -0.3 is 19.2 Å². The van der Waals surface area contributed by atoms with Crippen LogP contribution in [-0.2, 0) is 13.1 Å². The largest absolute Gasteiger partial charge is 0.493 e. The second-order valence-corrected chi connectivity index (χ2v) is 5.08. The Kier molecular flexibility index (Phi) is 7.64. The molecule has 6 heteroatoms. The van der Waals surface area contributed by atoms with Gasteiger partial charge in [-0.25, -0.2) is 0 Å². The summed E-state index contributed by atoms with van der Waals surface area (Å²) in [7, 11) is 1.64. The van der Waals surface area contributed by atoms with E-state index >= 15 is 0 Å². The Morgan fingerprint density at radius 1 is 1.29 bits per heavy atom. The van der Waals surface area contributed by atoms with Crippen LogP contribution in [0.4, 0.5) is 0 Å². The lowest BCUT2D eigenvalue weighted by molar-refractivity contribution is 0.308. The van der Waals surface area contributed by atoms with Crippen LogP contribution >= 0.6 is 28.3 Å². The number of hydrogen-bond acceptors (Lipinski definition) is 4. The monoisotopic (exact) mass is 375 g/mol. The summed E-state index contributed by atoms with van der Waals surface area (Å²) in [6, 6.07) is 7.84. The van der Waals surface area contributed by atoms with Crippen molar-refractivity contribution in [2.75, 3.05) is 13.7 Å². The molecule has 0 spiro atoms. The second-order valence-electron chi connectivity index (χ2n) is 4.22. The first-order valence-electron chi connectivity index (χ1n) is 6.47. The molecule has 0 unspecified atom stereocenters. The second kappa shape index (κ2) is 8.97. The number of benzene rings is 1. The molecular formula is C15H19BrClNO3. The summed E-state index contributed by atoms with van der Waals surface area (Å²) in [5.74, 6) is 2.39. The summed E-state index contributed by atoms with van der Waals surface area (Å²) in [6.07, 6.45) is 1.67. The van der Waals surface area contributed by atoms with Gasteiger partial charge in [0.1, 0.15) is 5.76 Å². The van der Waals surface area contributed by atoms with Gasteiger partial charge in [0, 0.05) is 6.54 Å². The van der Waals surface area contributed by atoms with Crippen molar-refractivity contribution in [3.8, 4) is 11.5 Å². The highest BCUT2D eigenvalue weighted by molar-refractivity contribution is 9.10. The van der Waals surface area contributed by atoms with Gasteiger partial charge in [-0.05, 0) is 52.7 Å². The minimum atomic E-state index is 0. The SMILES string of the molecule is CCOc1c(Br)cc(CNCc2ccco2)cc1OC.Cl. The molecule has 0 saturated carbocycles. The predicted molar refractivity (Wildman–Crippen MR) is 88.4 cm³/mol. The van der Waals surface area contributed by atoms with E-state index in [0.717, 1.165) is 33.8 Å². The summed E-state index contributed by atoms with van der Waals surface area (Å²) in [6.45, 7) is 3.97. The molecule has 21 heavy (non-hydrogen) atoms. The van der Waals surface area contributed by atoms with Crippen LogP contribution in [-0.4, -0.2) is 13.7 Å². The molecule has 0 amide bonds. The zero-order valence-corrected chi connectivity index (χ0v) is 14.4. The molecule has 1 heterocycles. The standard InChI is InChI=1S/C15H18BrNO3.ClH/c1-3-19-15-13(16)7-11(8-14(15)18-2)9-17-10-12-5-4-6-20-12;/h4-8,17H,3,9-10H2,1-2H3;1H. The fraction of sp³-hybridized carbons (Fsp3) is 0.333. The van der Waals surface area contributed by atoms with Crippen LogP contribution in [0.3, 0.4) is 0 Å². The van der Waals surface area contributed by atoms with E-state index < -0.39 is 0 Å². The van der Waals surface area contributed by atoms with Crippen molar-refractivity contribution >= 4 is 28.3 Å². The maximum Gasteiger partial charge on any atom is 0.175 e. The first-order valence-corrected chi connectivity index (χ1v) is 7.26. The summed E-state index contributed by atoms with van der Waals surface area (Å²) < 4.78 is 17.1. The van der Waals surface area contributed by atoms with Crippen molar-refractivity contribution in [2.24, 2.45) is 0 Å². The third-order valence-electron chi connectivity index (χ3n) is 2.79. The summed E-state index contributed by atoms with van der Waals surface area (Å²) in [4.78, 5) is 0. The van der Waals surface area contributed by atoms with Crippen molar-refractivity contribution in [1.82, 2.24) is 5.32 Å². The molecule has 0 saturated heterocycles. The Hall–Kier alpha value is -1.17. The lowest BCUT2D eigenvalue weighted by Gasteiger charge is -2.13. The average Bonchev–Trinajstić information content (AvgIpc) is 2.94. The highest BCUT2D eigenvalue weighted by Gasteiger charge is 2.11. The van der Waals surface area contributed by atoms with Crippen LogP contribution in [0.25, 0.3) is 0 Å². The lowest BCUT2D eigenvalue weighted by Crippen LogP contribution is -2.12. The van der Waals surface area contributed by atoms with Gasteiger partial charge in [-0.1, -0.05) is 0 Å². The molecule has 1 aromatic carbocycles. The van der Waals surface area contributed by atoms with Crippen molar-refractivity contribution in [3.05, 3.63) is 46.3 Å². The molecule has 0 aliphatic rings. The normalized spacial score (nSPS) is 10.0. The molecular weight excluding hydrogens is 358 g/mol.